The molecule has 5 nitrogen and oxygen atoms in total. The van der Waals surface area contributed by atoms with Gasteiger partial charge in [0.25, 0.3) is 0 Å². The van der Waals surface area contributed by atoms with Crippen molar-refractivity contribution < 1.29 is 4.79 Å². The Morgan fingerprint density at radius 2 is 1.96 bits per heavy atom. The SMILES string of the molecule is CC1(C)CCC(C(=N)c2cc(NC=O)cc(-c3ccncc3)c2)=C(N)C1. The molecule has 1 amide bonds. The van der Waals surface area contributed by atoms with Crippen LogP contribution < -0.4 is 11.1 Å². The second kappa shape index (κ2) is 7.12. The lowest BCUT2D eigenvalue weighted by atomic mass is 9.75. The summed E-state index contributed by atoms with van der Waals surface area (Å²) in [6.07, 6.45) is 6.71. The number of pyridine rings is 1. The van der Waals surface area contributed by atoms with Crippen LogP contribution in [0.25, 0.3) is 11.1 Å². The van der Waals surface area contributed by atoms with E-state index < -0.39 is 0 Å². The zero-order valence-corrected chi connectivity index (χ0v) is 15.2. The average Bonchev–Trinajstić information content (AvgIpc) is 2.61. The number of hydrogen-bond donors (Lipinski definition) is 3. The smallest absolute Gasteiger partial charge is 0.211 e. The van der Waals surface area contributed by atoms with E-state index in [2.05, 4.69) is 24.1 Å². The Morgan fingerprint density at radius 3 is 2.62 bits per heavy atom. The maximum absolute atomic E-state index is 10.9. The third-order valence-corrected chi connectivity index (χ3v) is 4.87. The van der Waals surface area contributed by atoms with Gasteiger partial charge in [0.05, 0.1) is 5.71 Å². The van der Waals surface area contributed by atoms with Crippen molar-refractivity contribution in [3.63, 3.8) is 0 Å². The lowest BCUT2D eigenvalue weighted by molar-refractivity contribution is -0.105. The van der Waals surface area contributed by atoms with Gasteiger partial charge < -0.3 is 11.1 Å². The predicted molar refractivity (Wildman–Crippen MR) is 105 cm³/mol. The van der Waals surface area contributed by atoms with Crippen molar-refractivity contribution >= 4 is 17.8 Å². The van der Waals surface area contributed by atoms with E-state index in [1.54, 1.807) is 12.4 Å². The summed E-state index contributed by atoms with van der Waals surface area (Å²) in [5.41, 5.74) is 11.9. The van der Waals surface area contributed by atoms with Crippen molar-refractivity contribution in [1.29, 1.82) is 5.41 Å². The summed E-state index contributed by atoms with van der Waals surface area (Å²) in [6.45, 7) is 4.41. The molecule has 4 N–H and O–H groups in total. The van der Waals surface area contributed by atoms with Crippen molar-refractivity contribution in [2.45, 2.75) is 33.1 Å². The summed E-state index contributed by atoms with van der Waals surface area (Å²) in [6, 6.07) is 9.49. The van der Waals surface area contributed by atoms with Crippen molar-refractivity contribution in [2.75, 3.05) is 5.32 Å². The van der Waals surface area contributed by atoms with Crippen molar-refractivity contribution in [2.24, 2.45) is 11.1 Å². The van der Waals surface area contributed by atoms with Crippen LogP contribution in [0.4, 0.5) is 5.69 Å². The van der Waals surface area contributed by atoms with Gasteiger partial charge in [0, 0.05) is 29.3 Å². The van der Waals surface area contributed by atoms with Crippen LogP contribution in [0.2, 0.25) is 0 Å². The summed E-state index contributed by atoms with van der Waals surface area (Å²) >= 11 is 0. The summed E-state index contributed by atoms with van der Waals surface area (Å²) < 4.78 is 0. The third kappa shape index (κ3) is 3.82. The molecule has 5 heteroatoms. The van der Waals surface area contributed by atoms with Crippen LogP contribution in [0.1, 0.15) is 38.7 Å². The van der Waals surface area contributed by atoms with Gasteiger partial charge in [0.2, 0.25) is 6.41 Å². The Morgan fingerprint density at radius 1 is 1.23 bits per heavy atom. The molecule has 1 aliphatic carbocycles. The molecule has 134 valence electrons. The van der Waals surface area contributed by atoms with Crippen LogP contribution >= 0.6 is 0 Å². The predicted octanol–water partition coefficient (Wildman–Crippen LogP) is 4.11. The number of aromatic nitrogens is 1. The van der Waals surface area contributed by atoms with E-state index in [0.29, 0.717) is 17.8 Å². The molecule has 1 aromatic heterocycles. The van der Waals surface area contributed by atoms with E-state index in [1.807, 2.05) is 30.3 Å². The first-order valence-corrected chi connectivity index (χ1v) is 8.72. The van der Waals surface area contributed by atoms with Gasteiger partial charge in [-0.2, -0.15) is 0 Å². The maximum Gasteiger partial charge on any atom is 0.211 e. The van der Waals surface area contributed by atoms with E-state index in [1.165, 1.54) is 0 Å². The summed E-state index contributed by atoms with van der Waals surface area (Å²) in [5.74, 6) is 0. The largest absolute Gasteiger partial charge is 0.402 e. The fourth-order valence-electron chi connectivity index (χ4n) is 3.43. The first-order chi connectivity index (χ1) is 12.4. The number of nitrogens with one attached hydrogen (secondary N) is 2. The fourth-order valence-corrected chi connectivity index (χ4v) is 3.43. The first kappa shape index (κ1) is 17.9. The summed E-state index contributed by atoms with van der Waals surface area (Å²) in [5, 5.41) is 11.4. The molecule has 0 bridgehead atoms. The molecule has 0 spiro atoms. The molecule has 0 aliphatic heterocycles. The highest BCUT2D eigenvalue weighted by molar-refractivity contribution is 6.12. The van der Waals surface area contributed by atoms with E-state index >= 15 is 0 Å². The molecule has 1 heterocycles. The number of nitrogens with zero attached hydrogens (tertiary/aromatic N) is 1. The zero-order chi connectivity index (χ0) is 18.7. The van der Waals surface area contributed by atoms with Gasteiger partial charge in [-0.25, -0.2) is 0 Å². The quantitative estimate of drug-likeness (QED) is 0.561. The second-order valence-corrected chi connectivity index (χ2v) is 7.52. The normalized spacial score (nSPS) is 16.2. The Bertz CT molecular complexity index is 869. The van der Waals surface area contributed by atoms with Crippen LogP contribution in [-0.4, -0.2) is 17.1 Å². The number of anilines is 1. The zero-order valence-electron chi connectivity index (χ0n) is 15.2. The fraction of sp³-hybridized carbons (Fsp3) is 0.286. The van der Waals surface area contributed by atoms with Crippen molar-refractivity contribution in [1.82, 2.24) is 4.98 Å². The minimum Gasteiger partial charge on any atom is -0.402 e. The Kier molecular flexibility index (Phi) is 4.89. The van der Waals surface area contributed by atoms with Gasteiger partial charge in [0.1, 0.15) is 0 Å². The van der Waals surface area contributed by atoms with E-state index in [9.17, 15) is 4.79 Å². The number of carbonyl (C=O) groups is 1. The molecule has 0 saturated heterocycles. The molecule has 0 radical (unpaired) electrons. The molecule has 3 rings (SSSR count). The van der Waals surface area contributed by atoms with Gasteiger partial charge in [-0.15, -0.1) is 0 Å². The molecule has 2 aromatic rings. The van der Waals surface area contributed by atoms with Gasteiger partial charge in [0.15, 0.2) is 0 Å². The molecule has 0 saturated carbocycles. The molecule has 1 aromatic carbocycles. The monoisotopic (exact) mass is 348 g/mol. The number of allylic oxidation sites excluding steroid dienone is 2. The number of hydrogen-bond acceptors (Lipinski definition) is 4. The Hall–Kier alpha value is -2.95. The standard InChI is InChI=1S/C21H24N4O/c1-21(2)6-3-18(19(22)12-21)20(23)16-9-15(10-17(11-16)25-13-26)14-4-7-24-8-5-14/h4-5,7-11,13,23H,3,6,12,22H2,1-2H3,(H,25,26). The molecular formula is C21H24N4O. The van der Waals surface area contributed by atoms with Crippen LogP contribution in [0.3, 0.4) is 0 Å². The Balaban J connectivity index is 2.03. The molecule has 0 unspecified atom stereocenters. The van der Waals surface area contributed by atoms with Crippen LogP contribution in [0.15, 0.2) is 54.0 Å². The molecule has 1 aliphatic rings. The minimum absolute atomic E-state index is 0.178. The Labute approximate surface area is 153 Å². The number of rotatable bonds is 5. The highest BCUT2D eigenvalue weighted by Gasteiger charge is 2.27. The average molecular weight is 348 g/mol. The topological polar surface area (TPSA) is 91.9 Å². The van der Waals surface area contributed by atoms with E-state index in [-0.39, 0.29) is 5.41 Å². The number of carbonyl (C=O) groups excluding carboxylic acids is 1. The van der Waals surface area contributed by atoms with E-state index in [4.69, 9.17) is 11.1 Å². The summed E-state index contributed by atoms with van der Waals surface area (Å²) in [7, 11) is 0. The number of benzene rings is 1. The third-order valence-electron chi connectivity index (χ3n) is 4.87. The molecular weight excluding hydrogens is 324 g/mol. The van der Waals surface area contributed by atoms with Gasteiger partial charge in [-0.05, 0) is 71.7 Å². The maximum atomic E-state index is 10.9. The van der Waals surface area contributed by atoms with Gasteiger partial charge >= 0.3 is 0 Å². The van der Waals surface area contributed by atoms with Crippen molar-refractivity contribution in [3.8, 4) is 11.1 Å². The molecule has 0 atom stereocenters. The highest BCUT2D eigenvalue weighted by atomic mass is 16.1. The lowest BCUT2D eigenvalue weighted by Crippen LogP contribution is -2.25. The molecule has 0 fully saturated rings. The van der Waals surface area contributed by atoms with Crippen molar-refractivity contribution in [3.05, 3.63) is 59.6 Å². The number of amides is 1. The van der Waals surface area contributed by atoms with Crippen LogP contribution in [0.5, 0.6) is 0 Å². The van der Waals surface area contributed by atoms with Crippen LogP contribution in [0, 0.1) is 10.8 Å². The van der Waals surface area contributed by atoms with Gasteiger partial charge in [-0.3, -0.25) is 15.2 Å². The molecule has 26 heavy (non-hydrogen) atoms. The minimum atomic E-state index is 0.178. The van der Waals surface area contributed by atoms with Gasteiger partial charge in [-0.1, -0.05) is 13.8 Å². The second-order valence-electron chi connectivity index (χ2n) is 7.52. The summed E-state index contributed by atoms with van der Waals surface area (Å²) in [4.78, 5) is 15.0. The number of nitrogens with two attached hydrogens (primary N) is 1. The lowest BCUT2D eigenvalue weighted by Gasteiger charge is -2.32. The van der Waals surface area contributed by atoms with Crippen LogP contribution in [-0.2, 0) is 4.79 Å². The highest BCUT2D eigenvalue weighted by Crippen LogP contribution is 2.38. The van der Waals surface area contributed by atoms with E-state index in [0.717, 1.165) is 47.2 Å². The first-order valence-electron chi connectivity index (χ1n) is 8.72.